The van der Waals surface area contributed by atoms with Crippen molar-refractivity contribution in [2.75, 3.05) is 5.32 Å². The van der Waals surface area contributed by atoms with E-state index in [1.807, 2.05) is 27.7 Å². The van der Waals surface area contributed by atoms with Gasteiger partial charge in [-0.05, 0) is 51.0 Å². The van der Waals surface area contributed by atoms with Gasteiger partial charge >= 0.3 is 6.18 Å². The van der Waals surface area contributed by atoms with Gasteiger partial charge in [-0.2, -0.15) is 18.3 Å². The fraction of sp³-hybridized carbons (Fsp3) is 0.444. The van der Waals surface area contributed by atoms with Gasteiger partial charge in [-0.25, -0.2) is 0 Å². The summed E-state index contributed by atoms with van der Waals surface area (Å²) in [5.41, 5.74) is 5.72. The highest BCUT2D eigenvalue weighted by molar-refractivity contribution is 6.05. The van der Waals surface area contributed by atoms with Crippen molar-refractivity contribution >= 4 is 11.6 Å². The maximum absolute atomic E-state index is 13.0. The van der Waals surface area contributed by atoms with Crippen LogP contribution in [-0.2, 0) is 24.7 Å². The highest BCUT2D eigenvalue weighted by Gasteiger charge is 2.31. The van der Waals surface area contributed by atoms with E-state index < -0.39 is 17.6 Å². The van der Waals surface area contributed by atoms with Crippen molar-refractivity contribution in [1.29, 1.82) is 0 Å². The van der Waals surface area contributed by atoms with Crippen LogP contribution in [0.3, 0.4) is 0 Å². The molecule has 0 radical (unpaired) electrons. The number of nitrogens with one attached hydrogen (secondary N) is 1. The molecule has 0 bridgehead atoms. The lowest BCUT2D eigenvalue weighted by Crippen LogP contribution is -2.26. The third kappa shape index (κ3) is 4.24. The zero-order valence-corrected chi connectivity index (χ0v) is 15.2. The number of hydrogen-bond acceptors (Lipinski definition) is 3. The number of carbonyl (C=O) groups excluding carboxylic acids is 1. The lowest BCUT2D eigenvalue weighted by Gasteiger charge is -2.22. The second-order valence-corrected chi connectivity index (χ2v) is 7.02. The van der Waals surface area contributed by atoms with E-state index >= 15 is 0 Å². The highest BCUT2D eigenvalue weighted by Crippen LogP contribution is 2.32. The summed E-state index contributed by atoms with van der Waals surface area (Å²) in [6, 6.07) is 3.31. The van der Waals surface area contributed by atoms with Crippen molar-refractivity contribution in [3.05, 3.63) is 46.8 Å². The number of rotatable bonds is 4. The van der Waals surface area contributed by atoms with Crippen LogP contribution in [-0.4, -0.2) is 15.7 Å². The molecular formula is C18H23F3N4O. The van der Waals surface area contributed by atoms with E-state index in [1.165, 1.54) is 12.3 Å². The normalized spacial score (nSPS) is 12.3. The van der Waals surface area contributed by atoms with E-state index in [-0.39, 0.29) is 23.3 Å². The number of carbonyl (C=O) groups is 1. The molecule has 0 spiro atoms. The van der Waals surface area contributed by atoms with E-state index in [2.05, 4.69) is 10.4 Å². The van der Waals surface area contributed by atoms with Gasteiger partial charge in [0.05, 0.1) is 28.6 Å². The van der Waals surface area contributed by atoms with E-state index in [0.29, 0.717) is 12.0 Å². The molecule has 2 rings (SSSR count). The summed E-state index contributed by atoms with van der Waals surface area (Å²) >= 11 is 0. The largest absolute Gasteiger partial charge is 0.416 e. The van der Waals surface area contributed by atoms with Crippen LogP contribution in [0.5, 0.6) is 0 Å². The lowest BCUT2D eigenvalue weighted by molar-refractivity contribution is -0.137. The first-order chi connectivity index (χ1) is 12.0. The maximum atomic E-state index is 13.0. The molecule has 142 valence electrons. The summed E-state index contributed by atoms with van der Waals surface area (Å²) in [7, 11) is 0. The van der Waals surface area contributed by atoms with Crippen molar-refractivity contribution in [1.82, 2.24) is 9.78 Å². The number of nitrogens with two attached hydrogens (primary N) is 1. The minimum Gasteiger partial charge on any atom is -0.326 e. The minimum absolute atomic E-state index is 0.0517. The predicted octanol–water partition coefficient (Wildman–Crippen LogP) is 3.93. The molecule has 0 saturated heterocycles. The Labute approximate surface area is 150 Å². The quantitative estimate of drug-likeness (QED) is 0.859. The standard InChI is InChI=1S/C18H23F3N4O/c1-5-15-14(10-23-25(15)17(2,3)4)16(26)24-13-7-11(9-22)6-12(8-13)18(19,20)21/h6-8,10H,5,9,22H2,1-4H3,(H,24,26). The van der Waals surface area contributed by atoms with Gasteiger partial charge in [0.1, 0.15) is 0 Å². The Morgan fingerprint density at radius 3 is 2.38 bits per heavy atom. The van der Waals surface area contributed by atoms with Crippen LogP contribution in [0.1, 0.15) is 54.9 Å². The molecule has 8 heteroatoms. The number of halogens is 3. The SMILES string of the molecule is CCc1c(C(=O)Nc2cc(CN)cc(C(F)(F)F)c2)cnn1C(C)(C)C. The van der Waals surface area contributed by atoms with Crippen molar-refractivity contribution in [2.24, 2.45) is 5.73 Å². The summed E-state index contributed by atoms with van der Waals surface area (Å²) in [5, 5.41) is 6.80. The first kappa shape index (κ1) is 20.0. The number of alkyl halides is 3. The van der Waals surface area contributed by atoms with E-state index in [9.17, 15) is 18.0 Å². The summed E-state index contributed by atoms with van der Waals surface area (Å²) in [4.78, 5) is 12.6. The summed E-state index contributed by atoms with van der Waals surface area (Å²) in [5.74, 6) is -0.500. The maximum Gasteiger partial charge on any atom is 0.416 e. The number of hydrogen-bond donors (Lipinski definition) is 2. The van der Waals surface area contributed by atoms with Crippen LogP contribution in [0.2, 0.25) is 0 Å². The van der Waals surface area contributed by atoms with Gasteiger partial charge in [-0.15, -0.1) is 0 Å². The molecule has 1 aromatic heterocycles. The zero-order chi connectivity index (χ0) is 19.7. The fourth-order valence-electron chi connectivity index (χ4n) is 2.73. The number of aromatic nitrogens is 2. The molecule has 0 aliphatic rings. The predicted molar refractivity (Wildman–Crippen MR) is 93.9 cm³/mol. The van der Waals surface area contributed by atoms with Crippen LogP contribution < -0.4 is 11.1 Å². The molecule has 1 aromatic carbocycles. The van der Waals surface area contributed by atoms with Gasteiger partial charge in [-0.3, -0.25) is 9.48 Å². The molecule has 1 amide bonds. The summed E-state index contributed by atoms with van der Waals surface area (Å²) in [6.45, 7) is 7.71. The topological polar surface area (TPSA) is 72.9 Å². The smallest absolute Gasteiger partial charge is 0.326 e. The molecule has 0 atom stereocenters. The molecule has 5 nitrogen and oxygen atoms in total. The third-order valence-corrected chi connectivity index (χ3v) is 3.90. The van der Waals surface area contributed by atoms with Crippen molar-refractivity contribution in [3.63, 3.8) is 0 Å². The van der Waals surface area contributed by atoms with Crippen molar-refractivity contribution in [3.8, 4) is 0 Å². The average molecular weight is 368 g/mol. The zero-order valence-electron chi connectivity index (χ0n) is 15.2. The Bertz CT molecular complexity index is 804. The van der Waals surface area contributed by atoms with E-state index in [4.69, 9.17) is 5.73 Å². The van der Waals surface area contributed by atoms with Gasteiger partial charge in [-0.1, -0.05) is 6.92 Å². The molecule has 26 heavy (non-hydrogen) atoms. The van der Waals surface area contributed by atoms with Crippen LogP contribution in [0.15, 0.2) is 24.4 Å². The molecule has 1 heterocycles. The fourth-order valence-corrected chi connectivity index (χ4v) is 2.73. The molecule has 0 fully saturated rings. The van der Waals surface area contributed by atoms with Crippen LogP contribution in [0, 0.1) is 0 Å². The van der Waals surface area contributed by atoms with Crippen molar-refractivity contribution in [2.45, 2.75) is 52.4 Å². The summed E-state index contributed by atoms with van der Waals surface area (Å²) in [6.07, 6.45) is -2.51. The van der Waals surface area contributed by atoms with Gasteiger partial charge in [0, 0.05) is 12.2 Å². The monoisotopic (exact) mass is 368 g/mol. The number of anilines is 1. The van der Waals surface area contributed by atoms with Crippen molar-refractivity contribution < 1.29 is 18.0 Å². The van der Waals surface area contributed by atoms with E-state index in [0.717, 1.165) is 17.8 Å². The Balaban J connectivity index is 2.38. The molecule has 0 saturated carbocycles. The van der Waals surface area contributed by atoms with Gasteiger partial charge < -0.3 is 11.1 Å². The van der Waals surface area contributed by atoms with E-state index in [1.54, 1.807) is 4.68 Å². The van der Waals surface area contributed by atoms with Crippen LogP contribution in [0.4, 0.5) is 18.9 Å². The molecule has 2 aromatic rings. The Hall–Kier alpha value is -2.35. The Kier molecular flexibility index (Phi) is 5.46. The van der Waals surface area contributed by atoms with Crippen LogP contribution in [0.25, 0.3) is 0 Å². The van der Waals surface area contributed by atoms with Gasteiger partial charge in [0.2, 0.25) is 0 Å². The number of benzene rings is 1. The molecule has 0 unspecified atom stereocenters. The Morgan fingerprint density at radius 1 is 1.23 bits per heavy atom. The molecule has 0 aliphatic heterocycles. The second kappa shape index (κ2) is 7.11. The first-order valence-electron chi connectivity index (χ1n) is 8.27. The number of nitrogens with zero attached hydrogens (tertiary/aromatic N) is 2. The molecule has 3 N–H and O–H groups in total. The third-order valence-electron chi connectivity index (χ3n) is 3.90. The number of amides is 1. The second-order valence-electron chi connectivity index (χ2n) is 7.02. The summed E-state index contributed by atoms with van der Waals surface area (Å²) < 4.78 is 40.8. The average Bonchev–Trinajstić information content (AvgIpc) is 2.97. The van der Waals surface area contributed by atoms with Crippen LogP contribution >= 0.6 is 0 Å². The van der Waals surface area contributed by atoms with Gasteiger partial charge in [0.15, 0.2) is 0 Å². The molecular weight excluding hydrogens is 345 g/mol. The Morgan fingerprint density at radius 2 is 1.88 bits per heavy atom. The lowest BCUT2D eigenvalue weighted by atomic mass is 10.1. The highest BCUT2D eigenvalue weighted by atomic mass is 19.4. The molecule has 0 aliphatic carbocycles. The van der Waals surface area contributed by atoms with Gasteiger partial charge in [0.25, 0.3) is 5.91 Å². The first-order valence-corrected chi connectivity index (χ1v) is 8.27. The minimum atomic E-state index is -4.52.